The number of allylic oxidation sites excluding steroid dienone is 1. The number of carbonyl (C=O) groups excluding carboxylic acids is 1. The van der Waals surface area contributed by atoms with E-state index < -0.39 is 0 Å². The van der Waals surface area contributed by atoms with Crippen molar-refractivity contribution < 1.29 is 14.3 Å². The maximum Gasteiger partial charge on any atom is 0.332 e. The fourth-order valence-corrected chi connectivity index (χ4v) is 4.63. The van der Waals surface area contributed by atoms with Crippen molar-refractivity contribution in [3.8, 4) is 5.75 Å². The monoisotopic (exact) mass is 433 g/mol. The van der Waals surface area contributed by atoms with Crippen molar-refractivity contribution in [2.75, 3.05) is 32.7 Å². The third kappa shape index (κ3) is 4.09. The van der Waals surface area contributed by atoms with Crippen LogP contribution < -0.4 is 9.64 Å². The van der Waals surface area contributed by atoms with E-state index in [4.69, 9.17) is 14.6 Å². The highest BCUT2D eigenvalue weighted by molar-refractivity contribution is 6.06. The van der Waals surface area contributed by atoms with Crippen molar-refractivity contribution in [2.24, 2.45) is 11.0 Å². The molecule has 1 aliphatic heterocycles. The van der Waals surface area contributed by atoms with E-state index in [-0.39, 0.29) is 17.9 Å². The second-order valence-corrected chi connectivity index (χ2v) is 8.47. The summed E-state index contributed by atoms with van der Waals surface area (Å²) in [6.45, 7) is 4.08. The molecule has 0 radical (unpaired) electrons. The van der Waals surface area contributed by atoms with Crippen molar-refractivity contribution in [3.63, 3.8) is 0 Å². The van der Waals surface area contributed by atoms with Gasteiger partial charge in [-0.05, 0) is 62.1 Å². The van der Waals surface area contributed by atoms with E-state index in [0.717, 1.165) is 41.3 Å². The van der Waals surface area contributed by atoms with Crippen LogP contribution in [0.15, 0.2) is 59.3 Å². The molecule has 4 rings (SSSR count). The highest BCUT2D eigenvalue weighted by atomic mass is 16.5. The zero-order chi connectivity index (χ0) is 22.8. The Labute approximate surface area is 190 Å². The number of ether oxygens (including phenoxy) is 2. The topological polar surface area (TPSA) is 54.4 Å². The van der Waals surface area contributed by atoms with Crippen LogP contribution in [0.5, 0.6) is 5.75 Å². The average Bonchev–Trinajstić information content (AvgIpc) is 3.19. The Morgan fingerprint density at radius 3 is 2.62 bits per heavy atom. The van der Waals surface area contributed by atoms with E-state index in [9.17, 15) is 4.79 Å². The summed E-state index contributed by atoms with van der Waals surface area (Å²) in [7, 11) is 5.76. The molecule has 168 valence electrons. The van der Waals surface area contributed by atoms with E-state index in [0.29, 0.717) is 6.61 Å². The molecule has 0 spiro atoms. The van der Waals surface area contributed by atoms with Gasteiger partial charge < -0.3 is 14.4 Å². The van der Waals surface area contributed by atoms with Crippen molar-refractivity contribution in [1.29, 1.82) is 0 Å². The molecule has 0 N–H and O–H groups in total. The number of carbonyl (C=O) groups is 1. The predicted octanol–water partition coefficient (Wildman–Crippen LogP) is 4.55. The van der Waals surface area contributed by atoms with E-state index in [1.54, 1.807) is 13.2 Å². The van der Waals surface area contributed by atoms with Gasteiger partial charge in [0.25, 0.3) is 0 Å². The number of benzene rings is 2. The van der Waals surface area contributed by atoms with Gasteiger partial charge in [0.2, 0.25) is 0 Å². The van der Waals surface area contributed by atoms with Gasteiger partial charge in [0, 0.05) is 43.0 Å². The minimum absolute atomic E-state index is 0.0197. The molecule has 6 heteroatoms. The Morgan fingerprint density at radius 1 is 1.22 bits per heavy atom. The molecule has 0 bridgehead atoms. The summed E-state index contributed by atoms with van der Waals surface area (Å²) < 4.78 is 10.6. The number of hydrogen-bond acceptors (Lipinski definition) is 6. The third-order valence-corrected chi connectivity index (χ3v) is 6.25. The van der Waals surface area contributed by atoms with Crippen molar-refractivity contribution in [3.05, 3.63) is 70.9 Å². The first-order valence-corrected chi connectivity index (χ1v) is 11.1. The summed E-state index contributed by atoms with van der Waals surface area (Å²) in [6.07, 6.45) is 3.53. The first-order valence-electron chi connectivity index (χ1n) is 11.1. The molecule has 2 atom stereocenters. The molecule has 0 aromatic heterocycles. The smallest absolute Gasteiger partial charge is 0.332 e. The Bertz CT molecular complexity index is 1060. The lowest BCUT2D eigenvalue weighted by molar-refractivity contribution is -0.137. The van der Waals surface area contributed by atoms with Crippen LogP contribution in [0.3, 0.4) is 0 Å². The largest absolute Gasteiger partial charge is 0.497 e. The van der Waals surface area contributed by atoms with Gasteiger partial charge in [-0.1, -0.05) is 18.2 Å². The molecule has 1 heterocycles. The number of anilines is 1. The van der Waals surface area contributed by atoms with Gasteiger partial charge in [-0.3, -0.25) is 5.01 Å². The summed E-state index contributed by atoms with van der Waals surface area (Å²) in [6, 6.07) is 14.9. The lowest BCUT2D eigenvalue weighted by Gasteiger charge is -2.31. The summed E-state index contributed by atoms with van der Waals surface area (Å²) in [5.74, 6) is 0.713. The number of hydrogen-bond donors (Lipinski definition) is 0. The SMILES string of the molecule is CCOC(=O)/C=C(/C)N1N=C2c3cc(OC)ccc3CCC2C1c1ccc(N(C)C)cc1. The fourth-order valence-electron chi connectivity index (χ4n) is 4.63. The fraction of sp³-hybridized carbons (Fsp3) is 0.385. The first kappa shape index (κ1) is 21.9. The van der Waals surface area contributed by atoms with Gasteiger partial charge >= 0.3 is 5.97 Å². The van der Waals surface area contributed by atoms with Crippen LogP contribution in [-0.2, 0) is 16.0 Å². The lowest BCUT2D eigenvalue weighted by atomic mass is 9.77. The van der Waals surface area contributed by atoms with Gasteiger partial charge in [-0.2, -0.15) is 5.10 Å². The van der Waals surface area contributed by atoms with Crippen LogP contribution in [0.1, 0.15) is 43.0 Å². The number of aryl methyl sites for hydroxylation is 1. The van der Waals surface area contributed by atoms with Gasteiger partial charge in [-0.15, -0.1) is 0 Å². The molecule has 2 aromatic carbocycles. The predicted molar refractivity (Wildman–Crippen MR) is 127 cm³/mol. The number of methoxy groups -OCH3 is 1. The van der Waals surface area contributed by atoms with E-state index >= 15 is 0 Å². The molecular formula is C26H31N3O3. The zero-order valence-corrected chi connectivity index (χ0v) is 19.5. The van der Waals surface area contributed by atoms with Gasteiger partial charge in [0.05, 0.1) is 25.5 Å². The number of hydrazone groups is 1. The van der Waals surface area contributed by atoms with Crippen LogP contribution in [-0.4, -0.2) is 44.5 Å². The maximum atomic E-state index is 12.2. The molecule has 0 amide bonds. The molecule has 0 saturated heterocycles. The Balaban J connectivity index is 1.78. The molecule has 32 heavy (non-hydrogen) atoms. The normalized spacial score (nSPS) is 19.7. The molecule has 1 aliphatic carbocycles. The average molecular weight is 434 g/mol. The first-order chi connectivity index (χ1) is 15.4. The number of nitrogens with zero attached hydrogens (tertiary/aromatic N) is 3. The maximum absolute atomic E-state index is 12.2. The van der Waals surface area contributed by atoms with Crippen molar-refractivity contribution in [1.82, 2.24) is 5.01 Å². The molecule has 0 saturated carbocycles. The minimum Gasteiger partial charge on any atom is -0.497 e. The van der Waals surface area contributed by atoms with Gasteiger partial charge in [0.1, 0.15) is 5.75 Å². The highest BCUT2D eigenvalue weighted by Crippen LogP contribution is 2.45. The van der Waals surface area contributed by atoms with Crippen molar-refractivity contribution in [2.45, 2.75) is 32.7 Å². The van der Waals surface area contributed by atoms with Crippen LogP contribution >= 0.6 is 0 Å². The van der Waals surface area contributed by atoms with Crippen molar-refractivity contribution >= 4 is 17.4 Å². The minimum atomic E-state index is -0.344. The highest BCUT2D eigenvalue weighted by Gasteiger charge is 2.42. The van der Waals surface area contributed by atoms with E-state index in [1.165, 1.54) is 11.1 Å². The Hall–Kier alpha value is -3.28. The Kier molecular flexibility index (Phi) is 6.21. The molecule has 0 fully saturated rings. The quantitative estimate of drug-likeness (QED) is 0.494. The second-order valence-electron chi connectivity index (χ2n) is 8.47. The molecular weight excluding hydrogens is 402 g/mol. The summed E-state index contributed by atoms with van der Waals surface area (Å²) in [5.41, 5.74) is 6.59. The number of rotatable bonds is 6. The third-order valence-electron chi connectivity index (χ3n) is 6.25. The molecule has 2 unspecified atom stereocenters. The number of fused-ring (bicyclic) bond motifs is 3. The summed E-state index contributed by atoms with van der Waals surface area (Å²) in [5, 5.41) is 7.06. The van der Waals surface area contributed by atoms with Gasteiger partial charge in [-0.25, -0.2) is 4.79 Å². The van der Waals surface area contributed by atoms with Crippen LogP contribution in [0.25, 0.3) is 0 Å². The van der Waals surface area contributed by atoms with E-state index in [1.807, 2.05) is 39.0 Å². The summed E-state index contributed by atoms with van der Waals surface area (Å²) >= 11 is 0. The zero-order valence-electron chi connectivity index (χ0n) is 19.5. The lowest BCUT2D eigenvalue weighted by Crippen LogP contribution is -2.28. The molecule has 6 nitrogen and oxygen atoms in total. The van der Waals surface area contributed by atoms with Gasteiger partial charge in [0.15, 0.2) is 0 Å². The summed E-state index contributed by atoms with van der Waals surface area (Å²) in [4.78, 5) is 14.3. The standard InChI is InChI=1S/C26H31N3O3/c1-6-32-24(30)15-17(2)29-26(19-7-11-20(12-8-19)28(3)4)22-14-10-18-9-13-21(31-5)16-23(18)25(22)27-29/h7-9,11-13,15-16,22,26H,6,10,14H2,1-5H3/b17-15-. The van der Waals surface area contributed by atoms with Crippen LogP contribution in [0.4, 0.5) is 5.69 Å². The van der Waals surface area contributed by atoms with Crippen LogP contribution in [0, 0.1) is 5.92 Å². The van der Waals surface area contributed by atoms with E-state index in [2.05, 4.69) is 41.3 Å². The molecule has 2 aliphatic rings. The number of esters is 1. The van der Waals surface area contributed by atoms with Crippen LogP contribution in [0.2, 0.25) is 0 Å². The Morgan fingerprint density at radius 2 is 1.97 bits per heavy atom. The molecule has 2 aromatic rings. The second kappa shape index (κ2) is 9.07.